The fourth-order valence-electron chi connectivity index (χ4n) is 3.35. The summed E-state index contributed by atoms with van der Waals surface area (Å²) in [6.45, 7) is 8.65. The highest BCUT2D eigenvalue weighted by Crippen LogP contribution is 2.30. The van der Waals surface area contributed by atoms with Gasteiger partial charge < -0.3 is 14.6 Å². The van der Waals surface area contributed by atoms with E-state index in [9.17, 15) is 9.59 Å². The molecule has 3 heterocycles. The Morgan fingerprint density at radius 2 is 1.88 bits per heavy atom. The average molecular weight is 344 g/mol. The predicted molar refractivity (Wildman–Crippen MR) is 94.7 cm³/mol. The Kier molecular flexibility index (Phi) is 4.49. The molecule has 0 radical (unpaired) electrons. The number of ether oxygens (including phenoxy) is 1. The van der Waals surface area contributed by atoms with Crippen molar-refractivity contribution in [3.63, 3.8) is 0 Å². The van der Waals surface area contributed by atoms with Crippen molar-refractivity contribution in [1.82, 2.24) is 19.9 Å². The number of hydrogen-bond donors (Lipinski definition) is 1. The normalized spacial score (nSPS) is 16.2. The van der Waals surface area contributed by atoms with Crippen molar-refractivity contribution in [1.29, 1.82) is 0 Å². The van der Waals surface area contributed by atoms with Crippen LogP contribution in [0, 0.1) is 6.92 Å². The molecule has 1 aliphatic heterocycles. The first kappa shape index (κ1) is 17.4. The summed E-state index contributed by atoms with van der Waals surface area (Å²) in [5.41, 5.74) is 2.27. The van der Waals surface area contributed by atoms with E-state index < -0.39 is 5.60 Å². The number of fused-ring (bicyclic) bond motifs is 1. The molecule has 1 aliphatic rings. The van der Waals surface area contributed by atoms with Crippen molar-refractivity contribution in [3.8, 4) is 0 Å². The minimum atomic E-state index is -0.501. The largest absolute Gasteiger partial charge is 0.444 e. The van der Waals surface area contributed by atoms with Crippen molar-refractivity contribution < 1.29 is 9.53 Å². The maximum atomic E-state index is 12.5. The molecule has 1 N–H and O–H groups in total. The summed E-state index contributed by atoms with van der Waals surface area (Å²) >= 11 is 0. The summed E-state index contributed by atoms with van der Waals surface area (Å²) in [4.78, 5) is 37.8. The highest BCUT2D eigenvalue weighted by atomic mass is 16.6. The minimum absolute atomic E-state index is 0.105. The Balaban J connectivity index is 1.79. The van der Waals surface area contributed by atoms with Gasteiger partial charge >= 0.3 is 6.09 Å². The zero-order valence-electron chi connectivity index (χ0n) is 15.1. The fraction of sp³-hybridized carbons (Fsp3) is 0.556. The molecule has 1 saturated heterocycles. The van der Waals surface area contributed by atoms with E-state index in [1.165, 1.54) is 0 Å². The fourth-order valence-corrected chi connectivity index (χ4v) is 3.35. The second-order valence-electron chi connectivity index (χ2n) is 7.49. The monoisotopic (exact) mass is 344 g/mol. The van der Waals surface area contributed by atoms with Gasteiger partial charge in [0.05, 0.1) is 0 Å². The van der Waals surface area contributed by atoms with E-state index in [1.807, 2.05) is 27.7 Å². The number of rotatable bonds is 1. The number of likely N-dealkylation sites (tertiary alicyclic amines) is 1. The summed E-state index contributed by atoms with van der Waals surface area (Å²) in [7, 11) is 0. The molecule has 0 aromatic carbocycles. The number of nitrogens with one attached hydrogen (secondary N) is 1. The smallest absolute Gasteiger partial charge is 0.410 e. The summed E-state index contributed by atoms with van der Waals surface area (Å²) in [6, 6.07) is 0. The van der Waals surface area contributed by atoms with Crippen LogP contribution in [-0.2, 0) is 4.74 Å². The summed E-state index contributed by atoms with van der Waals surface area (Å²) in [5.74, 6) is 0.105. The minimum Gasteiger partial charge on any atom is -0.444 e. The van der Waals surface area contributed by atoms with Crippen molar-refractivity contribution >= 4 is 17.3 Å². The van der Waals surface area contributed by atoms with Crippen molar-refractivity contribution in [2.45, 2.75) is 52.1 Å². The van der Waals surface area contributed by atoms with Crippen LogP contribution in [0.4, 0.5) is 4.79 Å². The lowest BCUT2D eigenvalue weighted by Crippen LogP contribution is -2.42. The summed E-state index contributed by atoms with van der Waals surface area (Å²) in [6.07, 6.45) is 4.37. The highest BCUT2D eigenvalue weighted by Gasteiger charge is 2.29. The lowest BCUT2D eigenvalue weighted by molar-refractivity contribution is 0.0204. The Labute approximate surface area is 146 Å². The molecule has 25 heavy (non-hydrogen) atoms. The van der Waals surface area contributed by atoms with Gasteiger partial charge in [-0.1, -0.05) is 0 Å². The molecule has 2 aromatic rings. The maximum absolute atomic E-state index is 12.5. The standard InChI is InChI=1S/C18H24N4O3/c1-11-13(16(23)21-15-14(11)19-7-8-20-15)12-5-9-22(10-6-12)17(24)25-18(2,3)4/h7-8,12H,5-6,9-10H2,1-4H3,(H,20,21,23). The van der Waals surface area contributed by atoms with Gasteiger partial charge in [-0.3, -0.25) is 9.78 Å². The van der Waals surface area contributed by atoms with Crippen molar-refractivity contribution in [3.05, 3.63) is 33.9 Å². The molecule has 0 spiro atoms. The third kappa shape index (κ3) is 3.65. The zero-order valence-corrected chi connectivity index (χ0v) is 15.1. The molecule has 7 heteroatoms. The second kappa shape index (κ2) is 6.46. The molecule has 0 bridgehead atoms. The van der Waals surface area contributed by atoms with Crippen LogP contribution in [0.2, 0.25) is 0 Å². The van der Waals surface area contributed by atoms with E-state index in [1.54, 1.807) is 17.3 Å². The van der Waals surface area contributed by atoms with Gasteiger partial charge in [0, 0.05) is 31.0 Å². The van der Waals surface area contributed by atoms with Crippen LogP contribution >= 0.6 is 0 Å². The van der Waals surface area contributed by atoms with Gasteiger partial charge in [-0.15, -0.1) is 0 Å². The first-order valence-corrected chi connectivity index (χ1v) is 8.57. The molecule has 0 unspecified atom stereocenters. The van der Waals surface area contributed by atoms with Crippen LogP contribution in [0.25, 0.3) is 11.2 Å². The lowest BCUT2D eigenvalue weighted by atomic mass is 9.87. The topological polar surface area (TPSA) is 88.2 Å². The average Bonchev–Trinajstić information content (AvgIpc) is 2.54. The molecule has 1 fully saturated rings. The highest BCUT2D eigenvalue weighted by molar-refractivity contribution is 5.74. The molecule has 0 aliphatic carbocycles. The van der Waals surface area contributed by atoms with Gasteiger partial charge in [0.15, 0.2) is 5.65 Å². The number of carbonyl (C=O) groups is 1. The lowest BCUT2D eigenvalue weighted by Gasteiger charge is -2.33. The number of aromatic nitrogens is 3. The quantitative estimate of drug-likeness (QED) is 0.859. The Morgan fingerprint density at radius 3 is 2.52 bits per heavy atom. The van der Waals surface area contributed by atoms with Gasteiger partial charge in [-0.05, 0) is 52.0 Å². The third-order valence-electron chi connectivity index (χ3n) is 4.49. The molecular weight excluding hydrogens is 320 g/mol. The first-order chi connectivity index (χ1) is 11.8. The SMILES string of the molecule is Cc1c(C2CCN(C(=O)OC(C)(C)C)CC2)c(=O)[nH]c2nccnc12. The number of H-pyrrole nitrogens is 1. The van der Waals surface area contributed by atoms with E-state index in [-0.39, 0.29) is 17.6 Å². The van der Waals surface area contributed by atoms with Gasteiger partial charge in [-0.25, -0.2) is 9.78 Å². The van der Waals surface area contributed by atoms with E-state index in [0.29, 0.717) is 18.7 Å². The number of piperidine rings is 1. The number of amides is 1. The van der Waals surface area contributed by atoms with Crippen LogP contribution < -0.4 is 5.56 Å². The Hall–Kier alpha value is -2.44. The predicted octanol–water partition coefficient (Wildman–Crippen LogP) is 2.74. The van der Waals surface area contributed by atoms with Crippen LogP contribution in [0.1, 0.15) is 50.7 Å². The third-order valence-corrected chi connectivity index (χ3v) is 4.49. The van der Waals surface area contributed by atoms with Gasteiger partial charge in [-0.2, -0.15) is 0 Å². The van der Waals surface area contributed by atoms with E-state index in [2.05, 4.69) is 15.0 Å². The van der Waals surface area contributed by atoms with Gasteiger partial charge in [0.2, 0.25) is 0 Å². The van der Waals surface area contributed by atoms with Gasteiger partial charge in [0.25, 0.3) is 5.56 Å². The molecule has 1 amide bonds. The number of hydrogen-bond acceptors (Lipinski definition) is 5. The van der Waals surface area contributed by atoms with Crippen molar-refractivity contribution in [2.75, 3.05) is 13.1 Å². The number of aromatic amines is 1. The Bertz CT molecular complexity index is 846. The van der Waals surface area contributed by atoms with E-state index >= 15 is 0 Å². The second-order valence-corrected chi connectivity index (χ2v) is 7.49. The maximum Gasteiger partial charge on any atom is 0.410 e. The Morgan fingerprint density at radius 1 is 1.24 bits per heavy atom. The molecule has 134 valence electrons. The van der Waals surface area contributed by atoms with Crippen LogP contribution in [0.3, 0.4) is 0 Å². The number of nitrogens with zero attached hydrogens (tertiary/aromatic N) is 3. The van der Waals surface area contributed by atoms with Gasteiger partial charge in [0.1, 0.15) is 11.1 Å². The van der Waals surface area contributed by atoms with Crippen LogP contribution in [-0.4, -0.2) is 44.6 Å². The number of pyridine rings is 1. The molecule has 3 rings (SSSR count). The summed E-state index contributed by atoms with van der Waals surface area (Å²) < 4.78 is 5.42. The molecule has 0 atom stereocenters. The van der Waals surface area contributed by atoms with E-state index in [0.717, 1.165) is 29.5 Å². The zero-order chi connectivity index (χ0) is 18.2. The number of carbonyl (C=O) groups excluding carboxylic acids is 1. The van der Waals surface area contributed by atoms with Crippen molar-refractivity contribution in [2.24, 2.45) is 0 Å². The van der Waals surface area contributed by atoms with E-state index in [4.69, 9.17) is 4.74 Å². The summed E-state index contributed by atoms with van der Waals surface area (Å²) in [5, 5.41) is 0. The molecule has 0 saturated carbocycles. The van der Waals surface area contributed by atoms with Crippen LogP contribution in [0.5, 0.6) is 0 Å². The molecule has 2 aromatic heterocycles. The molecule has 7 nitrogen and oxygen atoms in total. The first-order valence-electron chi connectivity index (χ1n) is 8.57. The number of aryl methyl sites for hydroxylation is 1. The molecular formula is C18H24N4O3. The van der Waals surface area contributed by atoms with Crippen LogP contribution in [0.15, 0.2) is 17.2 Å².